The minimum absolute atomic E-state index is 0.000599. The van der Waals surface area contributed by atoms with Crippen molar-refractivity contribution in [2.75, 3.05) is 11.4 Å². The van der Waals surface area contributed by atoms with Crippen LogP contribution in [0.1, 0.15) is 30.1 Å². The molecule has 0 aliphatic rings. The molecule has 0 spiro atoms. The number of aromatic hydroxyl groups is 1. The number of carbonyl (C=O) groups excluding carboxylic acids is 1. The van der Waals surface area contributed by atoms with Crippen molar-refractivity contribution in [1.82, 2.24) is 4.98 Å². The van der Waals surface area contributed by atoms with Crippen molar-refractivity contribution in [2.45, 2.75) is 19.8 Å². The average Bonchev–Trinajstić information content (AvgIpc) is 2.48. The molecule has 0 saturated carbocycles. The molecule has 0 bridgehead atoms. The molecule has 0 atom stereocenters. The van der Waals surface area contributed by atoms with Crippen LogP contribution in [0.15, 0.2) is 48.8 Å². The molecule has 0 radical (unpaired) electrons. The Kier molecular flexibility index (Phi) is 4.71. The van der Waals surface area contributed by atoms with E-state index in [4.69, 9.17) is 0 Å². The Bertz CT molecular complexity index is 570. The molecule has 4 nitrogen and oxygen atoms in total. The van der Waals surface area contributed by atoms with Crippen LogP contribution in [0.5, 0.6) is 5.75 Å². The van der Waals surface area contributed by atoms with Gasteiger partial charge in [-0.1, -0.05) is 31.5 Å². The molecular weight excluding hydrogens is 252 g/mol. The van der Waals surface area contributed by atoms with Crippen LogP contribution in [-0.4, -0.2) is 22.5 Å². The Morgan fingerprint density at radius 2 is 2.00 bits per heavy atom. The lowest BCUT2D eigenvalue weighted by atomic mass is 10.2. The molecule has 0 unspecified atom stereocenters. The standard InChI is InChI=1S/C16H18N2O2/c1-2-3-9-18(14-7-5-4-6-8-14)16(20)13-10-15(19)12-17-11-13/h4-8,10-12,19H,2-3,9H2,1H3. The second kappa shape index (κ2) is 6.70. The lowest BCUT2D eigenvalue weighted by Crippen LogP contribution is -2.31. The van der Waals surface area contributed by atoms with Crippen LogP contribution in [0, 0.1) is 0 Å². The minimum Gasteiger partial charge on any atom is -0.506 e. The number of aromatic nitrogens is 1. The van der Waals surface area contributed by atoms with Crippen LogP contribution in [0.3, 0.4) is 0 Å². The smallest absolute Gasteiger partial charge is 0.259 e. The average molecular weight is 270 g/mol. The van der Waals surface area contributed by atoms with Crippen LogP contribution >= 0.6 is 0 Å². The zero-order chi connectivity index (χ0) is 14.4. The number of para-hydroxylation sites is 1. The van der Waals surface area contributed by atoms with Gasteiger partial charge >= 0.3 is 0 Å². The maximum Gasteiger partial charge on any atom is 0.259 e. The summed E-state index contributed by atoms with van der Waals surface area (Å²) in [6.07, 6.45) is 4.72. The minimum atomic E-state index is -0.145. The molecule has 0 aliphatic heterocycles. The molecule has 0 fully saturated rings. The first-order valence-corrected chi connectivity index (χ1v) is 6.73. The summed E-state index contributed by atoms with van der Waals surface area (Å²) < 4.78 is 0. The van der Waals surface area contributed by atoms with Crippen molar-refractivity contribution < 1.29 is 9.90 Å². The van der Waals surface area contributed by atoms with E-state index in [0.717, 1.165) is 18.5 Å². The highest BCUT2D eigenvalue weighted by Gasteiger charge is 2.17. The number of hydrogen-bond donors (Lipinski definition) is 1. The van der Waals surface area contributed by atoms with Gasteiger partial charge in [0.2, 0.25) is 0 Å². The van der Waals surface area contributed by atoms with Crippen LogP contribution in [-0.2, 0) is 0 Å². The second-order valence-electron chi connectivity index (χ2n) is 4.58. The topological polar surface area (TPSA) is 53.4 Å². The van der Waals surface area contributed by atoms with Crippen LogP contribution in [0.4, 0.5) is 5.69 Å². The fraction of sp³-hybridized carbons (Fsp3) is 0.250. The van der Waals surface area contributed by atoms with Crippen molar-refractivity contribution in [3.05, 3.63) is 54.4 Å². The third-order valence-electron chi connectivity index (χ3n) is 3.02. The molecule has 104 valence electrons. The van der Waals surface area contributed by atoms with Crippen molar-refractivity contribution in [1.29, 1.82) is 0 Å². The van der Waals surface area contributed by atoms with Gasteiger partial charge in [0.05, 0.1) is 11.8 Å². The van der Waals surface area contributed by atoms with Crippen LogP contribution in [0.2, 0.25) is 0 Å². The number of amides is 1. The molecule has 0 aliphatic carbocycles. The predicted molar refractivity (Wildman–Crippen MR) is 78.9 cm³/mol. The van der Waals surface area contributed by atoms with E-state index in [9.17, 15) is 9.90 Å². The summed E-state index contributed by atoms with van der Waals surface area (Å²) in [5.41, 5.74) is 1.25. The van der Waals surface area contributed by atoms with Gasteiger partial charge < -0.3 is 10.0 Å². The number of unbranched alkanes of at least 4 members (excludes halogenated alkanes) is 1. The van der Waals surface area contributed by atoms with Crippen molar-refractivity contribution in [2.24, 2.45) is 0 Å². The number of anilines is 1. The predicted octanol–water partition coefficient (Wildman–Crippen LogP) is 3.23. The van der Waals surface area contributed by atoms with Gasteiger partial charge in [-0.25, -0.2) is 0 Å². The summed E-state index contributed by atoms with van der Waals surface area (Å²) in [6, 6.07) is 11.0. The number of pyridine rings is 1. The van der Waals surface area contributed by atoms with E-state index in [0.29, 0.717) is 12.1 Å². The van der Waals surface area contributed by atoms with E-state index in [2.05, 4.69) is 11.9 Å². The fourth-order valence-corrected chi connectivity index (χ4v) is 1.97. The summed E-state index contributed by atoms with van der Waals surface area (Å²) >= 11 is 0. The Hall–Kier alpha value is -2.36. The van der Waals surface area contributed by atoms with E-state index in [1.807, 2.05) is 30.3 Å². The van der Waals surface area contributed by atoms with E-state index >= 15 is 0 Å². The van der Waals surface area contributed by atoms with E-state index in [1.165, 1.54) is 18.5 Å². The fourth-order valence-electron chi connectivity index (χ4n) is 1.97. The first kappa shape index (κ1) is 14.1. The Labute approximate surface area is 118 Å². The normalized spacial score (nSPS) is 10.2. The highest BCUT2D eigenvalue weighted by atomic mass is 16.3. The Balaban J connectivity index is 2.29. The SMILES string of the molecule is CCCCN(C(=O)c1cncc(O)c1)c1ccccc1. The molecule has 0 saturated heterocycles. The third-order valence-corrected chi connectivity index (χ3v) is 3.02. The van der Waals surface area contributed by atoms with E-state index < -0.39 is 0 Å². The largest absolute Gasteiger partial charge is 0.506 e. The zero-order valence-corrected chi connectivity index (χ0v) is 11.5. The number of carbonyl (C=O) groups is 1. The van der Waals surface area contributed by atoms with Gasteiger partial charge in [-0.2, -0.15) is 0 Å². The van der Waals surface area contributed by atoms with Gasteiger partial charge in [0, 0.05) is 18.4 Å². The molecule has 1 heterocycles. The molecule has 2 rings (SSSR count). The highest BCUT2D eigenvalue weighted by molar-refractivity contribution is 6.06. The van der Waals surface area contributed by atoms with Gasteiger partial charge in [0.15, 0.2) is 0 Å². The number of benzene rings is 1. The molecule has 4 heteroatoms. The highest BCUT2D eigenvalue weighted by Crippen LogP contribution is 2.19. The summed E-state index contributed by atoms with van der Waals surface area (Å²) in [7, 11) is 0. The molecule has 20 heavy (non-hydrogen) atoms. The van der Waals surface area contributed by atoms with Gasteiger partial charge in [0.1, 0.15) is 5.75 Å². The first-order valence-electron chi connectivity index (χ1n) is 6.73. The van der Waals surface area contributed by atoms with Crippen LogP contribution in [0.25, 0.3) is 0 Å². The van der Waals surface area contributed by atoms with Crippen LogP contribution < -0.4 is 4.90 Å². The number of rotatable bonds is 5. The molecule has 2 aromatic rings. The van der Waals surface area contributed by atoms with E-state index in [1.54, 1.807) is 4.90 Å². The zero-order valence-electron chi connectivity index (χ0n) is 11.5. The lowest BCUT2D eigenvalue weighted by Gasteiger charge is -2.22. The molecular formula is C16H18N2O2. The second-order valence-corrected chi connectivity index (χ2v) is 4.58. The maximum atomic E-state index is 12.6. The molecule has 1 aromatic heterocycles. The molecule has 1 N–H and O–H groups in total. The lowest BCUT2D eigenvalue weighted by molar-refractivity contribution is 0.0986. The molecule has 1 amide bonds. The maximum absolute atomic E-state index is 12.6. The van der Waals surface area contributed by atoms with Crippen molar-refractivity contribution in [3.8, 4) is 5.75 Å². The first-order chi connectivity index (χ1) is 9.72. The number of hydrogen-bond acceptors (Lipinski definition) is 3. The Morgan fingerprint density at radius 1 is 1.25 bits per heavy atom. The monoisotopic (exact) mass is 270 g/mol. The number of nitrogens with zero attached hydrogens (tertiary/aromatic N) is 2. The third kappa shape index (κ3) is 3.35. The summed E-state index contributed by atoms with van der Waals surface area (Å²) in [5.74, 6) is -0.146. The van der Waals surface area contributed by atoms with Gasteiger partial charge in [-0.15, -0.1) is 0 Å². The summed E-state index contributed by atoms with van der Waals surface area (Å²) in [4.78, 5) is 18.2. The Morgan fingerprint density at radius 3 is 2.65 bits per heavy atom. The molecule has 1 aromatic carbocycles. The van der Waals surface area contributed by atoms with Gasteiger partial charge in [-0.3, -0.25) is 9.78 Å². The van der Waals surface area contributed by atoms with Gasteiger partial charge in [0.25, 0.3) is 5.91 Å². The van der Waals surface area contributed by atoms with Gasteiger partial charge in [-0.05, 0) is 24.6 Å². The summed E-state index contributed by atoms with van der Waals surface area (Å²) in [5, 5.41) is 9.46. The van der Waals surface area contributed by atoms with Crippen molar-refractivity contribution >= 4 is 11.6 Å². The summed E-state index contributed by atoms with van der Waals surface area (Å²) in [6.45, 7) is 2.73. The quantitative estimate of drug-likeness (QED) is 0.907. The van der Waals surface area contributed by atoms with Crippen molar-refractivity contribution in [3.63, 3.8) is 0 Å². The van der Waals surface area contributed by atoms with E-state index in [-0.39, 0.29) is 11.7 Å².